The van der Waals surface area contributed by atoms with E-state index in [1.54, 1.807) is 19.2 Å². The van der Waals surface area contributed by atoms with Gasteiger partial charge in [-0.15, -0.1) is 0 Å². The Morgan fingerprint density at radius 3 is 2.53 bits per heavy atom. The molecule has 0 unspecified atom stereocenters. The maximum Gasteiger partial charge on any atom is 0.227 e. The van der Waals surface area contributed by atoms with E-state index in [-0.39, 0.29) is 24.2 Å². The number of ether oxygens (including phenoxy) is 1. The second-order valence-electron chi connectivity index (χ2n) is 7.70. The molecule has 0 N–H and O–H groups in total. The second-order valence-corrected chi connectivity index (χ2v) is 7.70. The highest BCUT2D eigenvalue weighted by atomic mass is 19.1. The van der Waals surface area contributed by atoms with Gasteiger partial charge >= 0.3 is 0 Å². The van der Waals surface area contributed by atoms with E-state index < -0.39 is 0 Å². The number of halogens is 1. The molecule has 4 rings (SSSR count). The van der Waals surface area contributed by atoms with E-state index in [4.69, 9.17) is 9.72 Å². The number of methoxy groups -OCH3 is 1. The van der Waals surface area contributed by atoms with Gasteiger partial charge in [-0.3, -0.25) is 9.78 Å². The molecule has 0 bridgehead atoms. The first-order chi connectivity index (χ1) is 14.5. The molecule has 30 heavy (non-hydrogen) atoms. The fourth-order valence-corrected chi connectivity index (χ4v) is 4.07. The second kappa shape index (κ2) is 8.66. The molecule has 1 saturated heterocycles. The number of likely N-dealkylation sites (tertiary alicyclic amines) is 1. The Morgan fingerprint density at radius 1 is 1.10 bits per heavy atom. The molecule has 1 fully saturated rings. The van der Waals surface area contributed by atoms with Crippen LogP contribution in [0.1, 0.15) is 35.8 Å². The summed E-state index contributed by atoms with van der Waals surface area (Å²) < 4.78 is 18.4. The zero-order valence-electron chi connectivity index (χ0n) is 17.3. The molecule has 0 radical (unpaired) electrons. The Labute approximate surface area is 176 Å². The van der Waals surface area contributed by atoms with E-state index in [2.05, 4.69) is 12.1 Å². The van der Waals surface area contributed by atoms with Crippen LogP contribution < -0.4 is 4.74 Å². The van der Waals surface area contributed by atoms with E-state index in [1.165, 1.54) is 12.1 Å². The number of carbonyl (C=O) groups excluding carboxylic acids is 1. The third-order valence-electron chi connectivity index (χ3n) is 5.58. The number of hydrogen-bond acceptors (Lipinski definition) is 3. The zero-order valence-corrected chi connectivity index (χ0v) is 17.3. The van der Waals surface area contributed by atoms with Crippen LogP contribution in [0.25, 0.3) is 11.1 Å². The van der Waals surface area contributed by atoms with Crippen molar-refractivity contribution in [3.8, 4) is 16.9 Å². The van der Waals surface area contributed by atoms with E-state index in [0.29, 0.717) is 0 Å². The molecule has 1 aromatic heterocycles. The van der Waals surface area contributed by atoms with Crippen molar-refractivity contribution in [2.24, 2.45) is 0 Å². The maximum atomic E-state index is 13.2. The molecule has 1 atom stereocenters. The SMILES string of the molecule is COc1ccc(-c2cc(C)nc([C@@H]3CCCN3C(=O)Cc3ccc(F)cc3)c2)cc1. The number of rotatable bonds is 5. The lowest BCUT2D eigenvalue weighted by Crippen LogP contribution is -2.32. The van der Waals surface area contributed by atoms with Gasteiger partial charge in [-0.1, -0.05) is 24.3 Å². The lowest BCUT2D eigenvalue weighted by Gasteiger charge is -2.25. The maximum absolute atomic E-state index is 13.2. The Hall–Kier alpha value is -3.21. The average Bonchev–Trinajstić information content (AvgIpc) is 3.25. The fourth-order valence-electron chi connectivity index (χ4n) is 4.07. The topological polar surface area (TPSA) is 42.4 Å². The third kappa shape index (κ3) is 4.35. The van der Waals surface area contributed by atoms with Crippen molar-refractivity contribution in [3.63, 3.8) is 0 Å². The molecule has 5 heteroatoms. The third-order valence-corrected chi connectivity index (χ3v) is 5.58. The van der Waals surface area contributed by atoms with Gasteiger partial charge in [0.2, 0.25) is 5.91 Å². The number of nitrogens with zero attached hydrogens (tertiary/aromatic N) is 2. The predicted octanol–water partition coefficient (Wildman–Crippen LogP) is 5.11. The normalized spacial score (nSPS) is 16.0. The van der Waals surface area contributed by atoms with Crippen molar-refractivity contribution >= 4 is 5.91 Å². The summed E-state index contributed by atoms with van der Waals surface area (Å²) >= 11 is 0. The molecule has 2 heterocycles. The van der Waals surface area contributed by atoms with Crippen molar-refractivity contribution in [1.82, 2.24) is 9.88 Å². The number of carbonyl (C=O) groups is 1. The van der Waals surface area contributed by atoms with Gasteiger partial charge in [-0.05, 0) is 72.9 Å². The first-order valence-electron chi connectivity index (χ1n) is 10.2. The summed E-state index contributed by atoms with van der Waals surface area (Å²) in [6.45, 7) is 2.70. The monoisotopic (exact) mass is 404 g/mol. The van der Waals surface area contributed by atoms with Gasteiger partial charge in [0.05, 0.1) is 25.3 Å². The standard InChI is InChI=1S/C25H25FN2O2/c1-17-14-20(19-7-11-22(30-2)12-8-19)16-23(27-17)24-4-3-13-28(24)25(29)15-18-5-9-21(26)10-6-18/h5-12,14,16,24H,3-4,13,15H2,1-2H3/t24-/m0/s1. The number of hydrogen-bond donors (Lipinski definition) is 0. The highest BCUT2D eigenvalue weighted by Crippen LogP contribution is 2.34. The molecule has 1 aliphatic rings. The van der Waals surface area contributed by atoms with Crippen LogP contribution >= 0.6 is 0 Å². The minimum Gasteiger partial charge on any atom is -0.497 e. The lowest BCUT2D eigenvalue weighted by molar-refractivity contribution is -0.131. The van der Waals surface area contributed by atoms with Crippen LogP contribution in [0.5, 0.6) is 5.75 Å². The summed E-state index contributed by atoms with van der Waals surface area (Å²) in [6.07, 6.45) is 2.12. The Balaban J connectivity index is 1.58. The summed E-state index contributed by atoms with van der Waals surface area (Å²) in [4.78, 5) is 19.7. The first kappa shape index (κ1) is 20.1. The van der Waals surface area contributed by atoms with E-state index >= 15 is 0 Å². The molecule has 0 spiro atoms. The van der Waals surface area contributed by atoms with Gasteiger partial charge in [0.25, 0.3) is 0 Å². The molecule has 154 valence electrons. The van der Waals surface area contributed by atoms with E-state index in [9.17, 15) is 9.18 Å². The van der Waals surface area contributed by atoms with Crippen molar-refractivity contribution in [2.75, 3.05) is 13.7 Å². The van der Waals surface area contributed by atoms with Crippen molar-refractivity contribution in [3.05, 3.63) is 83.4 Å². The number of aromatic nitrogens is 1. The molecule has 2 aromatic carbocycles. The minimum absolute atomic E-state index is 0.0325. The van der Waals surface area contributed by atoms with Gasteiger partial charge < -0.3 is 9.64 Å². The Bertz CT molecular complexity index is 1030. The van der Waals surface area contributed by atoms with Gasteiger partial charge in [0.1, 0.15) is 11.6 Å². The van der Waals surface area contributed by atoms with Crippen LogP contribution in [-0.4, -0.2) is 29.4 Å². The number of benzene rings is 2. The average molecular weight is 404 g/mol. The van der Waals surface area contributed by atoms with E-state index in [0.717, 1.165) is 53.2 Å². The molecular weight excluding hydrogens is 379 g/mol. The van der Waals surface area contributed by atoms with Gasteiger partial charge in [-0.2, -0.15) is 0 Å². The fraction of sp³-hybridized carbons (Fsp3) is 0.280. The van der Waals surface area contributed by atoms with Crippen molar-refractivity contribution < 1.29 is 13.9 Å². The van der Waals surface area contributed by atoms with Crippen LogP contribution in [0.4, 0.5) is 4.39 Å². The summed E-state index contributed by atoms with van der Waals surface area (Å²) in [5.41, 5.74) is 4.84. The summed E-state index contributed by atoms with van der Waals surface area (Å²) in [5.74, 6) is 0.580. The summed E-state index contributed by atoms with van der Waals surface area (Å²) in [5, 5.41) is 0. The first-order valence-corrected chi connectivity index (χ1v) is 10.2. The van der Waals surface area contributed by atoms with E-state index in [1.807, 2.05) is 36.1 Å². The van der Waals surface area contributed by atoms with Crippen molar-refractivity contribution in [1.29, 1.82) is 0 Å². The van der Waals surface area contributed by atoms with Crippen LogP contribution in [-0.2, 0) is 11.2 Å². The molecule has 0 saturated carbocycles. The Kier molecular flexibility index (Phi) is 5.79. The van der Waals surface area contributed by atoms with Crippen LogP contribution in [0, 0.1) is 12.7 Å². The Morgan fingerprint density at radius 2 is 1.83 bits per heavy atom. The van der Waals surface area contributed by atoms with Crippen LogP contribution in [0.15, 0.2) is 60.7 Å². The highest BCUT2D eigenvalue weighted by Gasteiger charge is 2.31. The smallest absolute Gasteiger partial charge is 0.227 e. The molecule has 4 nitrogen and oxygen atoms in total. The van der Waals surface area contributed by atoms with Gasteiger partial charge in [0.15, 0.2) is 0 Å². The minimum atomic E-state index is -0.291. The van der Waals surface area contributed by atoms with Crippen molar-refractivity contribution in [2.45, 2.75) is 32.2 Å². The number of aryl methyl sites for hydroxylation is 1. The molecule has 1 amide bonds. The number of amides is 1. The zero-order chi connectivity index (χ0) is 21.1. The summed E-state index contributed by atoms with van der Waals surface area (Å²) in [7, 11) is 1.65. The summed E-state index contributed by atoms with van der Waals surface area (Å²) in [6, 6.07) is 18.2. The van der Waals surface area contributed by atoms with Gasteiger partial charge in [-0.25, -0.2) is 4.39 Å². The predicted molar refractivity (Wildman–Crippen MR) is 115 cm³/mol. The lowest BCUT2D eigenvalue weighted by atomic mass is 10.0. The quantitative estimate of drug-likeness (QED) is 0.593. The highest BCUT2D eigenvalue weighted by molar-refractivity contribution is 5.79. The number of pyridine rings is 1. The van der Waals surface area contributed by atoms with Gasteiger partial charge in [0, 0.05) is 12.2 Å². The van der Waals surface area contributed by atoms with Crippen LogP contribution in [0.2, 0.25) is 0 Å². The molecule has 1 aliphatic heterocycles. The molecule has 3 aromatic rings. The molecule has 0 aliphatic carbocycles. The molecular formula is C25H25FN2O2. The van der Waals surface area contributed by atoms with Crippen LogP contribution in [0.3, 0.4) is 0 Å². The largest absolute Gasteiger partial charge is 0.497 e.